The molecule has 0 spiro atoms. The van der Waals surface area contributed by atoms with Gasteiger partial charge in [0, 0.05) is 19.0 Å². The summed E-state index contributed by atoms with van der Waals surface area (Å²) in [6.07, 6.45) is 1.40. The summed E-state index contributed by atoms with van der Waals surface area (Å²) in [4.78, 5) is 26.2. The number of carbonyl (C=O) groups excluding carboxylic acids is 1. The summed E-state index contributed by atoms with van der Waals surface area (Å²) >= 11 is 0. The third-order valence-electron chi connectivity index (χ3n) is 2.26. The van der Waals surface area contributed by atoms with E-state index in [1.165, 1.54) is 0 Å². The zero-order valence-corrected chi connectivity index (χ0v) is 10.0. The fraction of sp³-hybridized carbons (Fsp3) is 0.273. The highest BCUT2D eigenvalue weighted by Gasteiger charge is 2.14. The number of aromatic nitrogens is 2. The first-order valence-electron chi connectivity index (χ1n) is 5.45. The minimum absolute atomic E-state index is 0.0564. The molecule has 0 unspecified atom stereocenters. The first-order chi connectivity index (χ1) is 9.06. The number of carboxylic acid groups (broad SMARTS) is 1. The Morgan fingerprint density at radius 3 is 2.84 bits per heavy atom. The van der Waals surface area contributed by atoms with E-state index in [0.29, 0.717) is 18.1 Å². The lowest BCUT2D eigenvalue weighted by molar-refractivity contribution is 0.0696. The zero-order chi connectivity index (χ0) is 13.8. The highest BCUT2D eigenvalue weighted by molar-refractivity contribution is 5.95. The Hall–Kier alpha value is -2.64. The maximum absolute atomic E-state index is 11.6. The Morgan fingerprint density at radius 1 is 1.47 bits per heavy atom. The number of hydrogen-bond acceptors (Lipinski definition) is 6. The van der Waals surface area contributed by atoms with Crippen LogP contribution in [0.3, 0.4) is 0 Å². The van der Waals surface area contributed by atoms with E-state index in [4.69, 9.17) is 14.0 Å². The van der Waals surface area contributed by atoms with Crippen molar-refractivity contribution in [3.8, 4) is 0 Å². The second-order valence-corrected chi connectivity index (χ2v) is 3.75. The van der Waals surface area contributed by atoms with E-state index in [1.54, 1.807) is 6.92 Å². The van der Waals surface area contributed by atoms with Gasteiger partial charge in [-0.2, -0.15) is 4.98 Å². The van der Waals surface area contributed by atoms with Crippen molar-refractivity contribution in [3.05, 3.63) is 35.4 Å². The van der Waals surface area contributed by atoms with E-state index >= 15 is 0 Å². The standard InChI is InChI=1S/C11H11N3O5/c1-6-13-9(19-14-6)2-3-12-10(15)8-4-7(5-18-8)11(16)17/h4-5H,2-3H2,1H3,(H,12,15)(H,16,17). The van der Waals surface area contributed by atoms with E-state index in [-0.39, 0.29) is 17.9 Å². The number of amides is 1. The van der Waals surface area contributed by atoms with Gasteiger partial charge in [-0.15, -0.1) is 0 Å². The number of carboxylic acids is 1. The SMILES string of the molecule is Cc1noc(CCNC(=O)c2cc(C(=O)O)co2)n1. The van der Waals surface area contributed by atoms with Gasteiger partial charge in [0.1, 0.15) is 6.26 Å². The molecule has 2 rings (SSSR count). The minimum Gasteiger partial charge on any atom is -0.478 e. The molecule has 2 N–H and O–H groups in total. The molecule has 0 saturated carbocycles. The average Bonchev–Trinajstić information content (AvgIpc) is 2.98. The van der Waals surface area contributed by atoms with Crippen LogP contribution in [0.1, 0.15) is 32.6 Å². The van der Waals surface area contributed by atoms with Crippen molar-refractivity contribution in [2.75, 3.05) is 6.54 Å². The van der Waals surface area contributed by atoms with Crippen molar-refractivity contribution >= 4 is 11.9 Å². The van der Waals surface area contributed by atoms with Crippen LogP contribution in [-0.4, -0.2) is 33.7 Å². The zero-order valence-electron chi connectivity index (χ0n) is 10.0. The van der Waals surface area contributed by atoms with E-state index in [0.717, 1.165) is 12.3 Å². The summed E-state index contributed by atoms with van der Waals surface area (Å²) in [5, 5.41) is 14.9. The molecule has 2 aromatic heterocycles. The Bertz CT molecular complexity index is 601. The maximum Gasteiger partial charge on any atom is 0.338 e. The van der Waals surface area contributed by atoms with Crippen molar-refractivity contribution in [1.82, 2.24) is 15.5 Å². The number of carbonyl (C=O) groups is 2. The van der Waals surface area contributed by atoms with Gasteiger partial charge in [-0.05, 0) is 6.92 Å². The highest BCUT2D eigenvalue weighted by Crippen LogP contribution is 2.07. The van der Waals surface area contributed by atoms with Crippen LogP contribution in [0.4, 0.5) is 0 Å². The third-order valence-corrected chi connectivity index (χ3v) is 2.26. The molecule has 0 aliphatic carbocycles. The molecule has 0 aliphatic rings. The predicted octanol–water partition coefficient (Wildman–Crippen LogP) is 0.642. The molecule has 0 aliphatic heterocycles. The van der Waals surface area contributed by atoms with Crippen LogP contribution in [-0.2, 0) is 6.42 Å². The van der Waals surface area contributed by atoms with Gasteiger partial charge in [0.05, 0.1) is 5.56 Å². The topological polar surface area (TPSA) is 118 Å². The molecule has 0 radical (unpaired) electrons. The van der Waals surface area contributed by atoms with Crippen LogP contribution in [0, 0.1) is 6.92 Å². The highest BCUT2D eigenvalue weighted by atomic mass is 16.5. The lowest BCUT2D eigenvalue weighted by Crippen LogP contribution is -2.25. The molecule has 8 heteroatoms. The Morgan fingerprint density at radius 2 is 2.26 bits per heavy atom. The van der Waals surface area contributed by atoms with Crippen molar-refractivity contribution in [3.63, 3.8) is 0 Å². The molecule has 0 bridgehead atoms. The Labute approximate surface area is 107 Å². The fourth-order valence-electron chi connectivity index (χ4n) is 1.38. The van der Waals surface area contributed by atoms with Crippen molar-refractivity contribution < 1.29 is 23.6 Å². The van der Waals surface area contributed by atoms with Crippen LogP contribution >= 0.6 is 0 Å². The number of hydrogen-bond donors (Lipinski definition) is 2. The lowest BCUT2D eigenvalue weighted by Gasteiger charge is -1.99. The van der Waals surface area contributed by atoms with Gasteiger partial charge in [0.25, 0.3) is 5.91 Å². The average molecular weight is 265 g/mol. The molecule has 0 aromatic carbocycles. The molecular weight excluding hydrogens is 254 g/mol. The summed E-state index contributed by atoms with van der Waals surface area (Å²) < 4.78 is 9.72. The van der Waals surface area contributed by atoms with Crippen LogP contribution in [0.25, 0.3) is 0 Å². The quantitative estimate of drug-likeness (QED) is 0.814. The molecule has 1 amide bonds. The summed E-state index contributed by atoms with van der Waals surface area (Å²) in [7, 11) is 0. The molecule has 100 valence electrons. The molecule has 0 atom stereocenters. The Kier molecular flexibility index (Phi) is 3.60. The van der Waals surface area contributed by atoms with Gasteiger partial charge >= 0.3 is 5.97 Å². The summed E-state index contributed by atoms with van der Waals surface area (Å²) in [6.45, 7) is 1.98. The van der Waals surface area contributed by atoms with Gasteiger partial charge in [-0.25, -0.2) is 4.79 Å². The van der Waals surface area contributed by atoms with Crippen molar-refractivity contribution in [1.29, 1.82) is 0 Å². The van der Waals surface area contributed by atoms with E-state index in [1.807, 2.05) is 0 Å². The number of furan rings is 1. The van der Waals surface area contributed by atoms with Gasteiger partial charge in [0.2, 0.25) is 5.89 Å². The molecular formula is C11H11N3O5. The largest absolute Gasteiger partial charge is 0.478 e. The molecule has 19 heavy (non-hydrogen) atoms. The van der Waals surface area contributed by atoms with E-state index in [9.17, 15) is 9.59 Å². The van der Waals surface area contributed by atoms with Crippen LogP contribution in [0.15, 0.2) is 21.3 Å². The molecule has 8 nitrogen and oxygen atoms in total. The fourth-order valence-corrected chi connectivity index (χ4v) is 1.38. The Balaban J connectivity index is 1.85. The van der Waals surface area contributed by atoms with Crippen LogP contribution in [0.2, 0.25) is 0 Å². The number of aromatic carboxylic acids is 1. The normalized spacial score (nSPS) is 10.4. The van der Waals surface area contributed by atoms with E-state index in [2.05, 4.69) is 15.5 Å². The number of aryl methyl sites for hydroxylation is 1. The van der Waals surface area contributed by atoms with Gasteiger partial charge in [0.15, 0.2) is 11.6 Å². The van der Waals surface area contributed by atoms with Gasteiger partial charge in [-0.1, -0.05) is 5.16 Å². The molecule has 0 saturated heterocycles. The monoisotopic (exact) mass is 265 g/mol. The van der Waals surface area contributed by atoms with Crippen LogP contribution < -0.4 is 5.32 Å². The number of nitrogens with one attached hydrogen (secondary N) is 1. The molecule has 2 heterocycles. The van der Waals surface area contributed by atoms with Gasteiger partial charge < -0.3 is 19.4 Å². The third kappa shape index (κ3) is 3.18. The van der Waals surface area contributed by atoms with Crippen LogP contribution in [0.5, 0.6) is 0 Å². The lowest BCUT2D eigenvalue weighted by atomic mass is 10.3. The maximum atomic E-state index is 11.6. The number of rotatable bonds is 5. The first-order valence-corrected chi connectivity index (χ1v) is 5.45. The predicted molar refractivity (Wildman–Crippen MR) is 60.7 cm³/mol. The first kappa shape index (κ1) is 12.8. The molecule has 2 aromatic rings. The summed E-state index contributed by atoms with van der Waals surface area (Å²) in [6, 6.07) is 1.16. The summed E-state index contributed by atoms with van der Waals surface area (Å²) in [5.74, 6) is -0.756. The van der Waals surface area contributed by atoms with Gasteiger partial charge in [-0.3, -0.25) is 4.79 Å². The summed E-state index contributed by atoms with van der Waals surface area (Å²) in [5.41, 5.74) is -0.0716. The van der Waals surface area contributed by atoms with E-state index < -0.39 is 11.9 Å². The minimum atomic E-state index is -1.15. The molecule has 0 fully saturated rings. The van der Waals surface area contributed by atoms with Crippen molar-refractivity contribution in [2.24, 2.45) is 0 Å². The second-order valence-electron chi connectivity index (χ2n) is 3.75. The second kappa shape index (κ2) is 5.34. The van der Waals surface area contributed by atoms with Crippen molar-refractivity contribution in [2.45, 2.75) is 13.3 Å². The number of nitrogens with zero attached hydrogens (tertiary/aromatic N) is 2. The smallest absolute Gasteiger partial charge is 0.338 e.